The Kier molecular flexibility index (Phi) is 5.31. The van der Waals surface area contributed by atoms with Crippen LogP contribution in [0.5, 0.6) is 0 Å². The molecule has 17 heavy (non-hydrogen) atoms. The first kappa shape index (κ1) is 14.4. The average molecular weight is 265 g/mol. The van der Waals surface area contributed by atoms with Gasteiger partial charge in [-0.05, 0) is 6.92 Å². The molecule has 100 valence electrons. The van der Waals surface area contributed by atoms with Crippen LogP contribution in [0.15, 0.2) is 0 Å². The molecule has 1 rings (SSSR count). The summed E-state index contributed by atoms with van der Waals surface area (Å²) >= 11 is 0. The number of amidine groups is 1. The standard InChI is InChI=1S/C9H19N3O4S/c1-2-15-5-6-17(13,14)12-3-4-16-8(7-12)9(10)11/h8H,2-7H2,1H3,(H3,10,11). The van der Waals surface area contributed by atoms with E-state index in [-0.39, 0.29) is 31.3 Å². The zero-order valence-corrected chi connectivity index (χ0v) is 10.7. The Morgan fingerprint density at radius 1 is 1.65 bits per heavy atom. The van der Waals surface area contributed by atoms with Gasteiger partial charge in [-0.1, -0.05) is 0 Å². The van der Waals surface area contributed by atoms with Crippen molar-refractivity contribution in [3.05, 3.63) is 0 Å². The number of ether oxygens (including phenoxy) is 2. The van der Waals surface area contributed by atoms with Gasteiger partial charge in [0.25, 0.3) is 0 Å². The minimum Gasteiger partial charge on any atom is -0.385 e. The van der Waals surface area contributed by atoms with E-state index < -0.39 is 16.1 Å². The first-order valence-corrected chi connectivity index (χ1v) is 7.09. The van der Waals surface area contributed by atoms with Crippen LogP contribution in [-0.4, -0.2) is 63.3 Å². The minimum absolute atomic E-state index is 0.0501. The highest BCUT2D eigenvalue weighted by molar-refractivity contribution is 7.89. The van der Waals surface area contributed by atoms with Crippen molar-refractivity contribution in [2.45, 2.75) is 13.0 Å². The van der Waals surface area contributed by atoms with E-state index in [0.717, 1.165) is 0 Å². The topological polar surface area (TPSA) is 106 Å². The molecule has 0 spiro atoms. The third kappa shape index (κ3) is 4.23. The SMILES string of the molecule is CCOCCS(=O)(=O)N1CCOC(C(=N)N)C1. The maximum atomic E-state index is 11.9. The normalized spacial score (nSPS) is 22.5. The summed E-state index contributed by atoms with van der Waals surface area (Å²) in [6.07, 6.45) is -0.634. The van der Waals surface area contributed by atoms with Crippen molar-refractivity contribution in [2.75, 3.05) is 38.7 Å². The Bertz CT molecular complexity index is 357. The van der Waals surface area contributed by atoms with Crippen LogP contribution in [-0.2, 0) is 19.5 Å². The summed E-state index contributed by atoms with van der Waals surface area (Å²) in [7, 11) is -3.35. The number of morpholine rings is 1. The van der Waals surface area contributed by atoms with Crippen molar-refractivity contribution < 1.29 is 17.9 Å². The molecule has 0 aromatic heterocycles. The maximum Gasteiger partial charge on any atom is 0.216 e. The minimum atomic E-state index is -3.35. The Morgan fingerprint density at radius 3 is 2.94 bits per heavy atom. The molecule has 1 atom stereocenters. The van der Waals surface area contributed by atoms with Crippen LogP contribution in [0.1, 0.15) is 6.92 Å². The molecule has 1 saturated heterocycles. The number of nitrogens with one attached hydrogen (secondary N) is 1. The molecule has 0 amide bonds. The molecule has 3 N–H and O–H groups in total. The van der Waals surface area contributed by atoms with E-state index in [1.165, 1.54) is 4.31 Å². The van der Waals surface area contributed by atoms with Crippen molar-refractivity contribution in [3.8, 4) is 0 Å². The average Bonchev–Trinajstić information content (AvgIpc) is 2.29. The molecule has 0 radical (unpaired) electrons. The van der Waals surface area contributed by atoms with E-state index in [9.17, 15) is 8.42 Å². The summed E-state index contributed by atoms with van der Waals surface area (Å²) in [5.41, 5.74) is 5.31. The van der Waals surface area contributed by atoms with E-state index in [0.29, 0.717) is 13.2 Å². The van der Waals surface area contributed by atoms with Crippen LogP contribution in [0.4, 0.5) is 0 Å². The smallest absolute Gasteiger partial charge is 0.216 e. The fourth-order valence-electron chi connectivity index (χ4n) is 1.50. The van der Waals surface area contributed by atoms with Gasteiger partial charge >= 0.3 is 0 Å². The van der Waals surface area contributed by atoms with Gasteiger partial charge in [-0.25, -0.2) is 8.42 Å². The highest BCUT2D eigenvalue weighted by Crippen LogP contribution is 2.10. The molecular formula is C9H19N3O4S. The lowest BCUT2D eigenvalue weighted by molar-refractivity contribution is 0.0365. The molecule has 1 heterocycles. The van der Waals surface area contributed by atoms with E-state index in [1.54, 1.807) is 0 Å². The third-order valence-corrected chi connectivity index (χ3v) is 4.26. The van der Waals surface area contributed by atoms with Crippen molar-refractivity contribution in [1.29, 1.82) is 5.41 Å². The summed E-state index contributed by atoms with van der Waals surface area (Å²) in [4.78, 5) is 0. The van der Waals surface area contributed by atoms with Crippen LogP contribution in [0.3, 0.4) is 0 Å². The van der Waals surface area contributed by atoms with Crippen LogP contribution in [0.2, 0.25) is 0 Å². The summed E-state index contributed by atoms with van der Waals surface area (Å²) in [6, 6.07) is 0. The summed E-state index contributed by atoms with van der Waals surface area (Å²) < 4.78 is 35.4. The van der Waals surface area contributed by atoms with Gasteiger partial charge in [0.2, 0.25) is 10.0 Å². The molecule has 0 aliphatic carbocycles. The van der Waals surface area contributed by atoms with Gasteiger partial charge in [0.05, 0.1) is 19.0 Å². The lowest BCUT2D eigenvalue weighted by Gasteiger charge is -2.31. The van der Waals surface area contributed by atoms with Crippen LogP contribution >= 0.6 is 0 Å². The van der Waals surface area contributed by atoms with Gasteiger partial charge < -0.3 is 15.2 Å². The number of hydrogen-bond acceptors (Lipinski definition) is 5. The molecule has 1 fully saturated rings. The predicted octanol–water partition coefficient (Wildman–Crippen LogP) is -1.01. The monoisotopic (exact) mass is 265 g/mol. The molecule has 0 bridgehead atoms. The number of nitrogens with two attached hydrogens (primary N) is 1. The highest BCUT2D eigenvalue weighted by atomic mass is 32.2. The van der Waals surface area contributed by atoms with Gasteiger partial charge in [-0.3, -0.25) is 5.41 Å². The fraction of sp³-hybridized carbons (Fsp3) is 0.889. The van der Waals surface area contributed by atoms with E-state index in [1.807, 2.05) is 6.92 Å². The van der Waals surface area contributed by atoms with Crippen molar-refractivity contribution >= 4 is 15.9 Å². The number of nitrogens with zero attached hydrogens (tertiary/aromatic N) is 1. The van der Waals surface area contributed by atoms with E-state index >= 15 is 0 Å². The zero-order valence-electron chi connectivity index (χ0n) is 9.89. The van der Waals surface area contributed by atoms with Gasteiger partial charge in [0.15, 0.2) is 0 Å². The molecule has 1 aliphatic heterocycles. The van der Waals surface area contributed by atoms with Gasteiger partial charge in [-0.2, -0.15) is 4.31 Å². The summed E-state index contributed by atoms with van der Waals surface area (Å²) in [5.74, 6) is -0.194. The molecule has 0 aromatic rings. The number of hydrogen-bond donors (Lipinski definition) is 2. The van der Waals surface area contributed by atoms with Crippen LogP contribution in [0, 0.1) is 5.41 Å². The van der Waals surface area contributed by atoms with Crippen LogP contribution < -0.4 is 5.73 Å². The van der Waals surface area contributed by atoms with Crippen LogP contribution in [0.25, 0.3) is 0 Å². The Hall–Kier alpha value is -0.700. The second-order valence-electron chi connectivity index (χ2n) is 3.69. The number of sulfonamides is 1. The largest absolute Gasteiger partial charge is 0.385 e. The molecular weight excluding hydrogens is 246 g/mol. The fourth-order valence-corrected chi connectivity index (χ4v) is 2.81. The van der Waals surface area contributed by atoms with E-state index in [4.69, 9.17) is 20.6 Å². The Morgan fingerprint density at radius 2 is 2.35 bits per heavy atom. The second-order valence-corrected chi connectivity index (χ2v) is 5.77. The zero-order chi connectivity index (χ0) is 12.9. The lowest BCUT2D eigenvalue weighted by Crippen LogP contribution is -2.51. The maximum absolute atomic E-state index is 11.9. The van der Waals surface area contributed by atoms with Crippen molar-refractivity contribution in [2.24, 2.45) is 5.73 Å². The second kappa shape index (κ2) is 6.29. The summed E-state index contributed by atoms with van der Waals surface area (Å²) in [5, 5.41) is 7.26. The molecule has 0 saturated carbocycles. The molecule has 0 aromatic carbocycles. The Balaban J connectivity index is 2.55. The molecule has 1 unspecified atom stereocenters. The predicted molar refractivity (Wildman–Crippen MR) is 63.5 cm³/mol. The first-order valence-electron chi connectivity index (χ1n) is 5.48. The molecule has 7 nitrogen and oxygen atoms in total. The van der Waals surface area contributed by atoms with Crippen molar-refractivity contribution in [3.63, 3.8) is 0 Å². The quantitative estimate of drug-likeness (QED) is 0.363. The molecule has 8 heteroatoms. The van der Waals surface area contributed by atoms with E-state index in [2.05, 4.69) is 0 Å². The highest BCUT2D eigenvalue weighted by Gasteiger charge is 2.30. The van der Waals surface area contributed by atoms with Gasteiger partial charge in [0.1, 0.15) is 11.9 Å². The molecule has 1 aliphatic rings. The summed E-state index contributed by atoms with van der Waals surface area (Å²) in [6.45, 7) is 3.17. The first-order chi connectivity index (χ1) is 7.97. The van der Waals surface area contributed by atoms with Gasteiger partial charge in [-0.15, -0.1) is 0 Å². The Labute approximate surface area is 101 Å². The van der Waals surface area contributed by atoms with Gasteiger partial charge in [0, 0.05) is 19.7 Å². The lowest BCUT2D eigenvalue weighted by atomic mass is 10.3. The van der Waals surface area contributed by atoms with Crippen molar-refractivity contribution in [1.82, 2.24) is 4.31 Å². The third-order valence-electron chi connectivity index (χ3n) is 2.46. The number of rotatable bonds is 6.